The quantitative estimate of drug-likeness (QED) is 0.914. The van der Waals surface area contributed by atoms with Crippen LogP contribution in [0.1, 0.15) is 25.3 Å². The van der Waals surface area contributed by atoms with Crippen molar-refractivity contribution in [1.82, 2.24) is 5.32 Å². The van der Waals surface area contributed by atoms with Gasteiger partial charge in [0, 0.05) is 11.8 Å². The van der Waals surface area contributed by atoms with Crippen LogP contribution in [-0.2, 0) is 11.2 Å². The smallest absolute Gasteiger partial charge is 0.143 e. The third-order valence-corrected chi connectivity index (χ3v) is 4.04. The molecule has 98 valence electrons. The summed E-state index contributed by atoms with van der Waals surface area (Å²) >= 11 is 5.63. The summed E-state index contributed by atoms with van der Waals surface area (Å²) in [6.07, 6.45) is 1.98. The van der Waals surface area contributed by atoms with Gasteiger partial charge in [0.1, 0.15) is 11.6 Å². The van der Waals surface area contributed by atoms with Crippen LogP contribution in [0.3, 0.4) is 0 Å². The van der Waals surface area contributed by atoms with Crippen LogP contribution in [0.2, 0.25) is 5.02 Å². The number of Topliss-reactive ketones (excluding diaryl/α,β-unsaturated/α-hetero) is 1. The first-order valence-electron chi connectivity index (χ1n) is 6.19. The summed E-state index contributed by atoms with van der Waals surface area (Å²) in [6, 6.07) is 4.57. The number of carbonyl (C=O) groups is 1. The number of halogens is 2. The SMILES string of the molecule is CC1(C(=O)Cc2ccc(Cl)c(F)c2)CCNCC1. The van der Waals surface area contributed by atoms with Crippen LogP contribution in [0, 0.1) is 11.2 Å². The Bertz CT molecular complexity index is 455. The molecule has 18 heavy (non-hydrogen) atoms. The van der Waals surface area contributed by atoms with Crippen molar-refractivity contribution < 1.29 is 9.18 Å². The minimum atomic E-state index is -0.461. The Morgan fingerprint density at radius 2 is 2.11 bits per heavy atom. The van der Waals surface area contributed by atoms with Gasteiger partial charge in [-0.15, -0.1) is 0 Å². The maximum absolute atomic E-state index is 13.3. The summed E-state index contributed by atoms with van der Waals surface area (Å²) in [5.74, 6) is -0.275. The highest BCUT2D eigenvalue weighted by Gasteiger charge is 2.33. The third kappa shape index (κ3) is 2.90. The Labute approximate surface area is 112 Å². The molecule has 0 saturated carbocycles. The van der Waals surface area contributed by atoms with E-state index in [1.54, 1.807) is 6.07 Å². The molecule has 0 spiro atoms. The Balaban J connectivity index is 2.08. The van der Waals surface area contributed by atoms with E-state index in [-0.39, 0.29) is 22.6 Å². The summed E-state index contributed by atoms with van der Waals surface area (Å²) in [5.41, 5.74) is 0.420. The first-order valence-corrected chi connectivity index (χ1v) is 6.57. The van der Waals surface area contributed by atoms with Crippen molar-refractivity contribution in [3.05, 3.63) is 34.6 Å². The number of piperidine rings is 1. The van der Waals surface area contributed by atoms with Crippen molar-refractivity contribution in [3.8, 4) is 0 Å². The number of carbonyl (C=O) groups excluding carboxylic acids is 1. The fraction of sp³-hybridized carbons (Fsp3) is 0.500. The van der Waals surface area contributed by atoms with Crippen molar-refractivity contribution in [2.45, 2.75) is 26.2 Å². The molecule has 0 unspecified atom stereocenters. The van der Waals surface area contributed by atoms with Crippen molar-refractivity contribution in [2.24, 2.45) is 5.41 Å². The van der Waals surface area contributed by atoms with Gasteiger partial charge in [-0.05, 0) is 43.6 Å². The van der Waals surface area contributed by atoms with Gasteiger partial charge in [0.25, 0.3) is 0 Å². The lowest BCUT2D eigenvalue weighted by Gasteiger charge is -2.32. The van der Waals surface area contributed by atoms with Gasteiger partial charge in [-0.2, -0.15) is 0 Å². The van der Waals surface area contributed by atoms with Crippen LogP contribution in [0.25, 0.3) is 0 Å². The molecule has 1 aliphatic heterocycles. The van der Waals surface area contributed by atoms with Crippen molar-refractivity contribution >= 4 is 17.4 Å². The average molecular weight is 270 g/mol. The van der Waals surface area contributed by atoms with Gasteiger partial charge in [0.05, 0.1) is 5.02 Å². The highest BCUT2D eigenvalue weighted by Crippen LogP contribution is 2.30. The van der Waals surface area contributed by atoms with Crippen LogP contribution in [0.5, 0.6) is 0 Å². The lowest BCUT2D eigenvalue weighted by atomic mass is 9.75. The van der Waals surface area contributed by atoms with Crippen molar-refractivity contribution in [2.75, 3.05) is 13.1 Å². The molecule has 0 aliphatic carbocycles. The maximum atomic E-state index is 13.3. The Morgan fingerprint density at radius 3 is 2.72 bits per heavy atom. The highest BCUT2D eigenvalue weighted by atomic mass is 35.5. The second-order valence-electron chi connectivity index (χ2n) is 5.16. The van der Waals surface area contributed by atoms with Gasteiger partial charge in [-0.25, -0.2) is 4.39 Å². The number of ketones is 1. The molecule has 0 radical (unpaired) electrons. The standard InChI is InChI=1S/C14H17ClFNO/c1-14(4-6-17-7-5-14)13(18)9-10-2-3-11(15)12(16)8-10/h2-3,8,17H,4-7,9H2,1H3. The van der Waals surface area contributed by atoms with Crippen LogP contribution < -0.4 is 5.32 Å². The number of nitrogens with one attached hydrogen (secondary N) is 1. The second-order valence-corrected chi connectivity index (χ2v) is 5.57. The molecule has 2 rings (SSSR count). The molecule has 0 aromatic heterocycles. The minimum absolute atomic E-state index is 0.0966. The number of hydrogen-bond donors (Lipinski definition) is 1. The van der Waals surface area contributed by atoms with Gasteiger partial charge in [-0.3, -0.25) is 4.79 Å². The summed E-state index contributed by atoms with van der Waals surface area (Å²) in [5, 5.41) is 3.34. The van der Waals surface area contributed by atoms with Crippen LogP contribution in [-0.4, -0.2) is 18.9 Å². The lowest BCUT2D eigenvalue weighted by Crippen LogP contribution is -2.40. The van der Waals surface area contributed by atoms with Gasteiger partial charge >= 0.3 is 0 Å². The van der Waals surface area contributed by atoms with Gasteiger partial charge in [0.15, 0.2) is 0 Å². The Morgan fingerprint density at radius 1 is 1.44 bits per heavy atom. The molecule has 1 saturated heterocycles. The van der Waals surface area contributed by atoms with E-state index in [4.69, 9.17) is 11.6 Å². The molecule has 0 atom stereocenters. The zero-order chi connectivity index (χ0) is 13.2. The molecule has 1 N–H and O–H groups in total. The third-order valence-electron chi connectivity index (χ3n) is 3.73. The van der Waals surface area contributed by atoms with E-state index in [9.17, 15) is 9.18 Å². The largest absolute Gasteiger partial charge is 0.317 e. The number of rotatable bonds is 3. The van der Waals surface area contributed by atoms with Crippen LogP contribution in [0.4, 0.5) is 4.39 Å². The highest BCUT2D eigenvalue weighted by molar-refractivity contribution is 6.30. The molecule has 0 amide bonds. The van der Waals surface area contributed by atoms with Gasteiger partial charge in [0.2, 0.25) is 0 Å². The topological polar surface area (TPSA) is 29.1 Å². The molecule has 1 heterocycles. The lowest BCUT2D eigenvalue weighted by molar-refractivity contribution is -0.128. The zero-order valence-corrected chi connectivity index (χ0v) is 11.2. The molecule has 1 fully saturated rings. The van der Waals surface area contributed by atoms with Crippen LogP contribution >= 0.6 is 11.6 Å². The Hall–Kier alpha value is -0.930. The molecular weight excluding hydrogens is 253 g/mol. The molecule has 1 aliphatic rings. The van der Waals surface area contributed by atoms with E-state index in [1.807, 2.05) is 6.92 Å². The second kappa shape index (κ2) is 5.37. The predicted octanol–water partition coefficient (Wildman–Crippen LogP) is 2.98. The minimum Gasteiger partial charge on any atom is -0.317 e. The molecule has 1 aromatic carbocycles. The molecule has 0 bridgehead atoms. The first-order chi connectivity index (χ1) is 8.51. The molecule has 2 nitrogen and oxygen atoms in total. The summed E-state index contributed by atoms with van der Waals surface area (Å²) in [4.78, 5) is 12.3. The average Bonchev–Trinajstić information content (AvgIpc) is 2.35. The number of hydrogen-bond acceptors (Lipinski definition) is 2. The van der Waals surface area contributed by atoms with E-state index < -0.39 is 5.82 Å². The number of benzene rings is 1. The first kappa shape index (κ1) is 13.5. The predicted molar refractivity (Wildman–Crippen MR) is 70.3 cm³/mol. The van der Waals surface area contributed by atoms with E-state index in [0.29, 0.717) is 5.56 Å². The Kier molecular flexibility index (Phi) is 4.03. The summed E-state index contributed by atoms with van der Waals surface area (Å²) in [7, 11) is 0. The summed E-state index contributed by atoms with van der Waals surface area (Å²) < 4.78 is 13.3. The maximum Gasteiger partial charge on any atom is 0.143 e. The molecule has 4 heteroatoms. The van der Waals surface area contributed by atoms with E-state index >= 15 is 0 Å². The summed E-state index contributed by atoms with van der Waals surface area (Å²) in [6.45, 7) is 3.75. The van der Waals surface area contributed by atoms with Gasteiger partial charge < -0.3 is 5.32 Å². The fourth-order valence-corrected chi connectivity index (χ4v) is 2.42. The molecule has 1 aromatic rings. The van der Waals surface area contributed by atoms with E-state index in [2.05, 4.69) is 5.32 Å². The normalized spacial score (nSPS) is 18.6. The zero-order valence-electron chi connectivity index (χ0n) is 10.4. The van der Waals surface area contributed by atoms with E-state index in [0.717, 1.165) is 25.9 Å². The van der Waals surface area contributed by atoms with E-state index in [1.165, 1.54) is 12.1 Å². The molecular formula is C14H17ClFNO. The fourth-order valence-electron chi connectivity index (χ4n) is 2.31. The van der Waals surface area contributed by atoms with Crippen LogP contribution in [0.15, 0.2) is 18.2 Å². The van der Waals surface area contributed by atoms with Crippen molar-refractivity contribution in [3.63, 3.8) is 0 Å². The van der Waals surface area contributed by atoms with Crippen molar-refractivity contribution in [1.29, 1.82) is 0 Å². The van der Waals surface area contributed by atoms with Gasteiger partial charge in [-0.1, -0.05) is 24.6 Å². The monoisotopic (exact) mass is 269 g/mol.